The van der Waals surface area contributed by atoms with Gasteiger partial charge in [0.1, 0.15) is 10.6 Å². The van der Waals surface area contributed by atoms with Gasteiger partial charge in [0.2, 0.25) is 15.9 Å². The second kappa shape index (κ2) is 8.00. The predicted molar refractivity (Wildman–Crippen MR) is 101 cm³/mol. The summed E-state index contributed by atoms with van der Waals surface area (Å²) in [5.74, 6) is 0.313. The Kier molecular flexibility index (Phi) is 5.88. The number of carbonyl (C=O) groups is 1. The van der Waals surface area contributed by atoms with Gasteiger partial charge in [0.25, 0.3) is 0 Å². The third kappa shape index (κ3) is 4.34. The van der Waals surface area contributed by atoms with Crippen molar-refractivity contribution in [2.24, 2.45) is 0 Å². The first-order valence-corrected chi connectivity index (χ1v) is 10.6. The van der Waals surface area contributed by atoms with Gasteiger partial charge in [-0.25, -0.2) is 8.42 Å². The van der Waals surface area contributed by atoms with Crippen molar-refractivity contribution in [2.45, 2.75) is 31.6 Å². The van der Waals surface area contributed by atoms with Crippen LogP contribution in [0.5, 0.6) is 0 Å². The highest BCUT2D eigenvalue weighted by atomic mass is 35.5. The first-order valence-electron chi connectivity index (χ1n) is 8.74. The van der Waals surface area contributed by atoms with Gasteiger partial charge >= 0.3 is 0 Å². The maximum absolute atomic E-state index is 12.8. The molecular formula is C18H22ClN3O4S. The van der Waals surface area contributed by atoms with Crippen molar-refractivity contribution in [1.29, 1.82) is 0 Å². The Bertz CT molecular complexity index is 897. The quantitative estimate of drug-likeness (QED) is 0.754. The zero-order valence-corrected chi connectivity index (χ0v) is 16.9. The van der Waals surface area contributed by atoms with Gasteiger partial charge in [0.05, 0.1) is 0 Å². The molecule has 0 atom stereocenters. The average Bonchev–Trinajstić information content (AvgIpc) is 3.00. The monoisotopic (exact) mass is 411 g/mol. The molecule has 1 fully saturated rings. The second-order valence-electron chi connectivity index (χ2n) is 6.56. The maximum Gasteiger partial charge on any atom is 0.248 e. The van der Waals surface area contributed by atoms with Gasteiger partial charge in [-0.05, 0) is 38.0 Å². The molecule has 0 radical (unpaired) electrons. The first-order chi connectivity index (χ1) is 12.8. The van der Waals surface area contributed by atoms with Crippen LogP contribution in [0, 0.1) is 13.8 Å². The Morgan fingerprint density at radius 1 is 1.15 bits per heavy atom. The van der Waals surface area contributed by atoms with Gasteiger partial charge in [-0.15, -0.1) is 0 Å². The molecule has 0 bridgehead atoms. The Labute approximate surface area is 163 Å². The first kappa shape index (κ1) is 19.9. The fourth-order valence-electron chi connectivity index (χ4n) is 3.21. The van der Waals surface area contributed by atoms with Crippen LogP contribution in [0.4, 0.5) is 0 Å². The topological polar surface area (TPSA) is 83.7 Å². The molecule has 2 aromatic rings. The van der Waals surface area contributed by atoms with Crippen LogP contribution in [0.15, 0.2) is 33.7 Å². The molecule has 1 aliphatic heterocycles. The molecule has 1 aromatic heterocycles. The molecular weight excluding hydrogens is 390 g/mol. The molecule has 7 nitrogen and oxygen atoms in total. The fourth-order valence-corrected chi connectivity index (χ4v) is 5.05. The van der Waals surface area contributed by atoms with E-state index in [1.165, 1.54) is 4.31 Å². The number of hydrogen-bond acceptors (Lipinski definition) is 5. The zero-order valence-electron chi connectivity index (χ0n) is 15.3. The summed E-state index contributed by atoms with van der Waals surface area (Å²) < 4.78 is 32.0. The lowest BCUT2D eigenvalue weighted by Gasteiger charge is -2.34. The third-order valence-corrected chi connectivity index (χ3v) is 7.09. The number of piperazine rings is 1. The van der Waals surface area contributed by atoms with E-state index in [1.807, 2.05) is 12.1 Å². The second-order valence-corrected chi connectivity index (χ2v) is 8.88. The summed E-state index contributed by atoms with van der Waals surface area (Å²) in [5.41, 5.74) is 1.40. The van der Waals surface area contributed by atoms with Crippen LogP contribution >= 0.6 is 11.6 Å². The van der Waals surface area contributed by atoms with E-state index < -0.39 is 10.0 Å². The third-order valence-electron chi connectivity index (χ3n) is 4.70. The van der Waals surface area contributed by atoms with Crippen molar-refractivity contribution in [3.05, 3.63) is 46.3 Å². The maximum atomic E-state index is 12.8. The number of sulfonamides is 1. The number of nitrogens with zero attached hydrogens (tertiary/aromatic N) is 3. The van der Waals surface area contributed by atoms with Crippen molar-refractivity contribution in [1.82, 2.24) is 14.4 Å². The highest BCUT2D eigenvalue weighted by Crippen LogP contribution is 2.24. The molecule has 9 heteroatoms. The number of amides is 1. The summed E-state index contributed by atoms with van der Waals surface area (Å²) in [6.45, 7) is 4.48. The molecule has 3 rings (SSSR count). The van der Waals surface area contributed by atoms with Crippen LogP contribution in [-0.4, -0.2) is 54.9 Å². The summed E-state index contributed by atoms with van der Waals surface area (Å²) in [7, 11) is -3.66. The van der Waals surface area contributed by atoms with Crippen LogP contribution in [0.25, 0.3) is 0 Å². The number of aryl methyl sites for hydroxylation is 3. The summed E-state index contributed by atoms with van der Waals surface area (Å²) in [6.07, 6.45) is 1.02. The zero-order chi connectivity index (χ0) is 19.6. The Morgan fingerprint density at radius 2 is 1.78 bits per heavy atom. The van der Waals surface area contributed by atoms with Crippen molar-refractivity contribution < 1.29 is 17.7 Å². The van der Waals surface area contributed by atoms with Crippen molar-refractivity contribution in [2.75, 3.05) is 26.2 Å². The number of benzene rings is 1. The van der Waals surface area contributed by atoms with E-state index in [0.717, 1.165) is 5.56 Å². The minimum Gasteiger partial charge on any atom is -0.360 e. The number of aromatic nitrogens is 1. The molecule has 0 saturated carbocycles. The number of hydrogen-bond donors (Lipinski definition) is 0. The Hall–Kier alpha value is -1.90. The van der Waals surface area contributed by atoms with E-state index in [1.54, 1.807) is 30.9 Å². The van der Waals surface area contributed by atoms with Crippen LogP contribution in [0.1, 0.15) is 23.4 Å². The molecule has 1 aliphatic rings. The molecule has 0 N–H and O–H groups in total. The van der Waals surface area contributed by atoms with Crippen LogP contribution in [0.3, 0.4) is 0 Å². The Balaban J connectivity index is 1.56. The smallest absolute Gasteiger partial charge is 0.248 e. The largest absolute Gasteiger partial charge is 0.360 e. The van der Waals surface area contributed by atoms with Gasteiger partial charge in [-0.3, -0.25) is 4.79 Å². The molecule has 1 aromatic carbocycles. The minimum absolute atomic E-state index is 0.0272. The summed E-state index contributed by atoms with van der Waals surface area (Å²) >= 11 is 5.86. The number of rotatable bonds is 5. The van der Waals surface area contributed by atoms with Gasteiger partial charge in [-0.1, -0.05) is 28.9 Å². The summed E-state index contributed by atoms with van der Waals surface area (Å²) in [4.78, 5) is 14.3. The number of halogens is 1. The van der Waals surface area contributed by atoms with E-state index in [9.17, 15) is 13.2 Å². The summed E-state index contributed by atoms with van der Waals surface area (Å²) in [6, 6.07) is 7.42. The van der Waals surface area contributed by atoms with Crippen LogP contribution in [0.2, 0.25) is 5.02 Å². The van der Waals surface area contributed by atoms with Gasteiger partial charge < -0.3 is 9.42 Å². The molecule has 146 valence electrons. The SMILES string of the molecule is Cc1noc(C)c1S(=O)(=O)N1CCN(C(=O)CCc2ccc(Cl)cc2)CC1. The van der Waals surface area contributed by atoms with Crippen molar-refractivity contribution in [3.63, 3.8) is 0 Å². The fraction of sp³-hybridized carbons (Fsp3) is 0.444. The molecule has 2 heterocycles. The summed E-state index contributed by atoms with van der Waals surface area (Å²) in [5, 5.41) is 4.39. The Morgan fingerprint density at radius 3 is 2.33 bits per heavy atom. The highest BCUT2D eigenvalue weighted by Gasteiger charge is 2.34. The lowest BCUT2D eigenvalue weighted by atomic mass is 10.1. The molecule has 0 spiro atoms. The van der Waals surface area contributed by atoms with Gasteiger partial charge in [-0.2, -0.15) is 4.31 Å². The van der Waals surface area contributed by atoms with E-state index in [4.69, 9.17) is 16.1 Å². The molecule has 27 heavy (non-hydrogen) atoms. The van der Waals surface area contributed by atoms with Gasteiger partial charge in [0.15, 0.2) is 5.76 Å². The lowest BCUT2D eigenvalue weighted by Crippen LogP contribution is -2.50. The highest BCUT2D eigenvalue weighted by molar-refractivity contribution is 7.89. The average molecular weight is 412 g/mol. The normalized spacial score (nSPS) is 15.9. The minimum atomic E-state index is -3.66. The van der Waals surface area contributed by atoms with E-state index >= 15 is 0 Å². The lowest BCUT2D eigenvalue weighted by molar-refractivity contribution is -0.132. The predicted octanol–water partition coefficient (Wildman–Crippen LogP) is 2.41. The van der Waals surface area contributed by atoms with Crippen LogP contribution < -0.4 is 0 Å². The molecule has 0 aliphatic carbocycles. The van der Waals surface area contributed by atoms with E-state index in [-0.39, 0.29) is 29.7 Å². The van der Waals surface area contributed by atoms with Crippen LogP contribution in [-0.2, 0) is 21.2 Å². The standard InChI is InChI=1S/C18H22ClN3O4S/c1-13-18(14(2)26-20-13)27(24,25)22-11-9-21(10-12-22)17(23)8-5-15-3-6-16(19)7-4-15/h3-4,6-7H,5,8-12H2,1-2H3. The van der Waals surface area contributed by atoms with E-state index in [0.29, 0.717) is 36.6 Å². The molecule has 1 saturated heterocycles. The van der Waals surface area contributed by atoms with Crippen molar-refractivity contribution >= 4 is 27.5 Å². The molecule has 0 unspecified atom stereocenters. The molecule has 1 amide bonds. The number of carbonyl (C=O) groups excluding carboxylic acids is 1. The van der Waals surface area contributed by atoms with Gasteiger partial charge in [0, 0.05) is 37.6 Å². The van der Waals surface area contributed by atoms with E-state index in [2.05, 4.69) is 5.16 Å². The van der Waals surface area contributed by atoms with Crippen molar-refractivity contribution in [3.8, 4) is 0 Å².